The van der Waals surface area contributed by atoms with Gasteiger partial charge in [0.1, 0.15) is 0 Å². The number of rotatable bonds is 4. The normalized spacial score (nSPS) is 9.93. The van der Waals surface area contributed by atoms with E-state index in [1.54, 1.807) is 11.3 Å². The van der Waals surface area contributed by atoms with Gasteiger partial charge in [-0.25, -0.2) is 0 Å². The molecule has 0 radical (unpaired) electrons. The molecule has 0 fully saturated rings. The van der Waals surface area contributed by atoms with Crippen molar-refractivity contribution in [3.8, 4) is 11.4 Å². The summed E-state index contributed by atoms with van der Waals surface area (Å²) in [7, 11) is 0. The van der Waals surface area contributed by atoms with Crippen LogP contribution in [0.1, 0.15) is 12.3 Å². The average molecular weight is 246 g/mol. The molecule has 6 heteroatoms. The zero-order valence-corrected chi connectivity index (χ0v) is 9.68. The van der Waals surface area contributed by atoms with Crippen LogP contribution in [0.5, 0.6) is 0 Å². The Labute approximate surface area is 97.9 Å². The third kappa shape index (κ3) is 3.02. The van der Waals surface area contributed by atoms with Crippen LogP contribution < -0.4 is 5.73 Å². The fourth-order valence-corrected chi connectivity index (χ4v) is 1.75. The lowest BCUT2D eigenvalue weighted by molar-refractivity contribution is 0.376. The van der Waals surface area contributed by atoms with Crippen LogP contribution in [-0.2, 0) is 6.42 Å². The second kappa shape index (κ2) is 5.85. The maximum Gasteiger partial charge on any atom is 0.227 e. The van der Waals surface area contributed by atoms with E-state index < -0.39 is 0 Å². The Hall–Kier alpha value is -0.910. The lowest BCUT2D eigenvalue weighted by atomic mass is 10.3. The van der Waals surface area contributed by atoms with Crippen molar-refractivity contribution in [2.45, 2.75) is 12.8 Å². The molecule has 0 aliphatic rings. The molecule has 0 atom stereocenters. The number of nitrogens with zero attached hydrogens (tertiary/aromatic N) is 2. The summed E-state index contributed by atoms with van der Waals surface area (Å²) in [4.78, 5) is 4.26. The first-order valence-corrected chi connectivity index (χ1v) is 5.39. The summed E-state index contributed by atoms with van der Waals surface area (Å²) in [5.41, 5.74) is 6.40. The van der Waals surface area contributed by atoms with Crippen molar-refractivity contribution >= 4 is 23.7 Å². The predicted molar refractivity (Wildman–Crippen MR) is 62.2 cm³/mol. The SMILES string of the molecule is Cl.NCCCc1nc(-c2ccsc2)no1. The Kier molecular flexibility index (Phi) is 4.74. The highest BCUT2D eigenvalue weighted by Gasteiger charge is 2.07. The maximum atomic E-state index is 5.39. The molecule has 15 heavy (non-hydrogen) atoms. The highest BCUT2D eigenvalue weighted by atomic mass is 35.5. The number of aryl methyl sites for hydroxylation is 1. The number of hydrogen-bond donors (Lipinski definition) is 1. The summed E-state index contributed by atoms with van der Waals surface area (Å²) in [5.74, 6) is 1.33. The summed E-state index contributed by atoms with van der Waals surface area (Å²) in [6.07, 6.45) is 1.64. The summed E-state index contributed by atoms with van der Waals surface area (Å²) in [6, 6.07) is 1.97. The molecule has 0 unspecified atom stereocenters. The van der Waals surface area contributed by atoms with Crippen LogP contribution in [0.3, 0.4) is 0 Å². The molecule has 2 N–H and O–H groups in total. The first-order valence-electron chi connectivity index (χ1n) is 4.45. The second-order valence-electron chi connectivity index (χ2n) is 2.92. The molecule has 0 spiro atoms. The monoisotopic (exact) mass is 245 g/mol. The molecule has 0 saturated heterocycles. The number of halogens is 1. The summed E-state index contributed by atoms with van der Waals surface area (Å²) in [5, 5.41) is 7.88. The molecule has 2 aromatic heterocycles. The van der Waals surface area contributed by atoms with Gasteiger partial charge in [0.2, 0.25) is 11.7 Å². The summed E-state index contributed by atoms with van der Waals surface area (Å²) < 4.78 is 5.08. The van der Waals surface area contributed by atoms with Gasteiger partial charge in [-0.2, -0.15) is 16.3 Å². The Balaban J connectivity index is 0.00000112. The molecule has 2 aromatic rings. The number of nitrogens with two attached hydrogens (primary N) is 1. The molecule has 82 valence electrons. The second-order valence-corrected chi connectivity index (χ2v) is 3.70. The van der Waals surface area contributed by atoms with E-state index in [1.807, 2.05) is 16.8 Å². The zero-order valence-electron chi connectivity index (χ0n) is 8.05. The maximum absolute atomic E-state index is 5.39. The lowest BCUT2D eigenvalue weighted by Gasteiger charge is -1.88. The molecule has 0 amide bonds. The van der Waals surface area contributed by atoms with Gasteiger partial charge in [0.15, 0.2) is 0 Å². The van der Waals surface area contributed by atoms with Crippen molar-refractivity contribution in [2.75, 3.05) is 6.54 Å². The van der Waals surface area contributed by atoms with Crippen molar-refractivity contribution in [3.63, 3.8) is 0 Å². The minimum Gasteiger partial charge on any atom is -0.339 e. The van der Waals surface area contributed by atoms with E-state index in [-0.39, 0.29) is 12.4 Å². The van der Waals surface area contributed by atoms with E-state index in [0.29, 0.717) is 18.3 Å². The first kappa shape index (κ1) is 12.2. The van der Waals surface area contributed by atoms with E-state index in [1.165, 1.54) is 0 Å². The van der Waals surface area contributed by atoms with Gasteiger partial charge in [-0.05, 0) is 24.4 Å². The lowest BCUT2D eigenvalue weighted by Crippen LogP contribution is -2.00. The largest absolute Gasteiger partial charge is 0.339 e. The van der Waals surface area contributed by atoms with Crippen molar-refractivity contribution < 1.29 is 4.52 Å². The fraction of sp³-hybridized carbons (Fsp3) is 0.333. The Morgan fingerprint density at radius 1 is 1.47 bits per heavy atom. The molecule has 2 rings (SSSR count). The van der Waals surface area contributed by atoms with Crippen LogP contribution >= 0.6 is 23.7 Å². The average Bonchev–Trinajstić information content (AvgIpc) is 2.85. The Morgan fingerprint density at radius 3 is 3.00 bits per heavy atom. The van der Waals surface area contributed by atoms with Crippen LogP contribution in [0.15, 0.2) is 21.3 Å². The number of hydrogen-bond acceptors (Lipinski definition) is 5. The standard InChI is InChI=1S/C9H11N3OS.ClH/c10-4-1-2-8-11-9(12-13-8)7-3-5-14-6-7;/h3,5-6H,1-2,4,10H2;1H. The van der Waals surface area contributed by atoms with Gasteiger partial charge in [-0.1, -0.05) is 5.16 Å². The fourth-order valence-electron chi connectivity index (χ4n) is 1.12. The molecular formula is C9H12ClN3OS. The minimum atomic E-state index is 0. The van der Waals surface area contributed by atoms with E-state index in [2.05, 4.69) is 10.1 Å². The molecule has 0 aromatic carbocycles. The predicted octanol–water partition coefficient (Wildman–Crippen LogP) is 2.11. The van der Waals surface area contributed by atoms with Crippen LogP contribution in [0, 0.1) is 0 Å². The van der Waals surface area contributed by atoms with Gasteiger partial charge in [-0.3, -0.25) is 0 Å². The topological polar surface area (TPSA) is 64.9 Å². The van der Waals surface area contributed by atoms with Crippen molar-refractivity contribution in [2.24, 2.45) is 5.73 Å². The molecule has 0 bridgehead atoms. The van der Waals surface area contributed by atoms with Crippen molar-refractivity contribution in [1.29, 1.82) is 0 Å². The Morgan fingerprint density at radius 2 is 2.33 bits per heavy atom. The van der Waals surface area contributed by atoms with Crippen LogP contribution in [-0.4, -0.2) is 16.7 Å². The minimum absolute atomic E-state index is 0. The quantitative estimate of drug-likeness (QED) is 0.896. The smallest absolute Gasteiger partial charge is 0.227 e. The Bertz CT molecular complexity index is 388. The molecule has 0 saturated carbocycles. The van der Waals surface area contributed by atoms with E-state index in [0.717, 1.165) is 18.4 Å². The highest BCUT2D eigenvalue weighted by Crippen LogP contribution is 2.18. The van der Waals surface area contributed by atoms with Crippen molar-refractivity contribution in [3.05, 3.63) is 22.7 Å². The van der Waals surface area contributed by atoms with Gasteiger partial charge >= 0.3 is 0 Å². The van der Waals surface area contributed by atoms with Gasteiger partial charge in [0.05, 0.1) is 0 Å². The zero-order chi connectivity index (χ0) is 9.80. The third-order valence-electron chi connectivity index (χ3n) is 1.84. The van der Waals surface area contributed by atoms with Crippen LogP contribution in [0.2, 0.25) is 0 Å². The van der Waals surface area contributed by atoms with Gasteiger partial charge in [0.25, 0.3) is 0 Å². The van der Waals surface area contributed by atoms with Gasteiger partial charge < -0.3 is 10.3 Å². The molecule has 2 heterocycles. The van der Waals surface area contributed by atoms with Gasteiger partial charge in [-0.15, -0.1) is 12.4 Å². The van der Waals surface area contributed by atoms with E-state index in [9.17, 15) is 0 Å². The van der Waals surface area contributed by atoms with Crippen LogP contribution in [0.4, 0.5) is 0 Å². The van der Waals surface area contributed by atoms with Crippen LogP contribution in [0.25, 0.3) is 11.4 Å². The molecule has 0 aliphatic carbocycles. The van der Waals surface area contributed by atoms with Gasteiger partial charge in [0, 0.05) is 17.4 Å². The summed E-state index contributed by atoms with van der Waals surface area (Å²) in [6.45, 7) is 0.649. The number of thiophene rings is 1. The molecular weight excluding hydrogens is 234 g/mol. The summed E-state index contributed by atoms with van der Waals surface area (Å²) >= 11 is 1.62. The van der Waals surface area contributed by atoms with Crippen molar-refractivity contribution in [1.82, 2.24) is 10.1 Å². The molecule has 4 nitrogen and oxygen atoms in total. The third-order valence-corrected chi connectivity index (χ3v) is 2.53. The van der Waals surface area contributed by atoms with E-state index in [4.69, 9.17) is 10.3 Å². The first-order chi connectivity index (χ1) is 6.90. The van der Waals surface area contributed by atoms with E-state index >= 15 is 0 Å². The molecule has 0 aliphatic heterocycles. The number of aromatic nitrogens is 2. The highest BCUT2D eigenvalue weighted by molar-refractivity contribution is 7.08.